The van der Waals surface area contributed by atoms with E-state index < -0.39 is 0 Å². The van der Waals surface area contributed by atoms with Gasteiger partial charge in [-0.1, -0.05) is 15.9 Å². The molecule has 0 unspecified atom stereocenters. The molecule has 0 bridgehead atoms. The van der Waals surface area contributed by atoms with Crippen LogP contribution in [-0.2, 0) is 6.54 Å². The third kappa shape index (κ3) is 6.15. The highest BCUT2D eigenvalue weighted by Crippen LogP contribution is 2.17. The van der Waals surface area contributed by atoms with Gasteiger partial charge in [-0.2, -0.15) is 0 Å². The molecule has 0 saturated carbocycles. The van der Waals surface area contributed by atoms with Crippen LogP contribution in [0.1, 0.15) is 26.3 Å². The van der Waals surface area contributed by atoms with Crippen molar-refractivity contribution in [3.8, 4) is 0 Å². The molecule has 0 spiro atoms. The van der Waals surface area contributed by atoms with E-state index in [0.29, 0.717) is 6.54 Å². The van der Waals surface area contributed by atoms with Crippen molar-refractivity contribution in [3.05, 3.63) is 34.1 Å². The Morgan fingerprint density at radius 1 is 1.24 bits per heavy atom. The van der Waals surface area contributed by atoms with Gasteiger partial charge >= 0.3 is 0 Å². The van der Waals surface area contributed by atoms with Crippen molar-refractivity contribution >= 4 is 15.9 Å². The third-order valence-electron chi connectivity index (χ3n) is 2.28. The summed E-state index contributed by atoms with van der Waals surface area (Å²) in [4.78, 5) is 0. The van der Waals surface area contributed by atoms with Crippen molar-refractivity contribution in [3.63, 3.8) is 0 Å². The van der Waals surface area contributed by atoms with Gasteiger partial charge in [0, 0.05) is 29.6 Å². The van der Waals surface area contributed by atoms with Crippen molar-refractivity contribution in [2.45, 2.75) is 32.9 Å². The molecule has 0 fully saturated rings. The van der Waals surface area contributed by atoms with Crippen LogP contribution in [0, 0.1) is 5.82 Å². The molecule has 0 amide bonds. The lowest BCUT2D eigenvalue weighted by molar-refractivity contribution is 0.421. The fraction of sp³-hybridized carbons (Fsp3) is 0.538. The molecular formula is C13H20BrFN2. The first-order chi connectivity index (χ1) is 7.88. The number of rotatable bonds is 5. The van der Waals surface area contributed by atoms with Gasteiger partial charge < -0.3 is 10.6 Å². The monoisotopic (exact) mass is 302 g/mol. The topological polar surface area (TPSA) is 24.1 Å². The molecule has 0 aliphatic rings. The van der Waals surface area contributed by atoms with Crippen LogP contribution in [0.5, 0.6) is 0 Å². The molecule has 1 rings (SSSR count). The van der Waals surface area contributed by atoms with Gasteiger partial charge in [-0.15, -0.1) is 0 Å². The zero-order valence-electron chi connectivity index (χ0n) is 10.6. The van der Waals surface area contributed by atoms with Gasteiger partial charge in [0.2, 0.25) is 0 Å². The molecule has 0 radical (unpaired) electrons. The zero-order valence-corrected chi connectivity index (χ0v) is 12.2. The maximum Gasteiger partial charge on any atom is 0.123 e. The number of nitrogens with one attached hydrogen (secondary N) is 2. The van der Waals surface area contributed by atoms with Gasteiger partial charge in [0.1, 0.15) is 5.82 Å². The first kappa shape index (κ1) is 14.6. The maximum atomic E-state index is 13.0. The molecule has 0 aliphatic carbocycles. The van der Waals surface area contributed by atoms with Crippen molar-refractivity contribution in [1.82, 2.24) is 10.6 Å². The van der Waals surface area contributed by atoms with Crippen LogP contribution >= 0.6 is 15.9 Å². The minimum Gasteiger partial charge on any atom is -0.311 e. The lowest BCUT2D eigenvalue weighted by Crippen LogP contribution is -2.40. The Morgan fingerprint density at radius 3 is 2.59 bits per heavy atom. The summed E-state index contributed by atoms with van der Waals surface area (Å²) in [5.74, 6) is -0.196. The first-order valence-corrected chi connectivity index (χ1v) is 6.57. The van der Waals surface area contributed by atoms with Crippen LogP contribution in [-0.4, -0.2) is 18.6 Å². The van der Waals surface area contributed by atoms with Crippen LogP contribution in [0.15, 0.2) is 22.7 Å². The Bertz CT molecular complexity index is 361. The Hall–Kier alpha value is -0.450. The molecule has 1 aromatic carbocycles. The largest absolute Gasteiger partial charge is 0.311 e. The normalized spacial score (nSPS) is 11.8. The van der Waals surface area contributed by atoms with Gasteiger partial charge in [0.15, 0.2) is 0 Å². The Kier molecular flexibility index (Phi) is 5.56. The smallest absolute Gasteiger partial charge is 0.123 e. The average Bonchev–Trinajstić information content (AvgIpc) is 2.21. The molecule has 4 heteroatoms. The van der Waals surface area contributed by atoms with E-state index in [9.17, 15) is 4.39 Å². The highest BCUT2D eigenvalue weighted by Gasteiger charge is 2.07. The lowest BCUT2D eigenvalue weighted by Gasteiger charge is -2.20. The summed E-state index contributed by atoms with van der Waals surface area (Å²) in [7, 11) is 0. The van der Waals surface area contributed by atoms with Gasteiger partial charge in [0.25, 0.3) is 0 Å². The van der Waals surface area contributed by atoms with Gasteiger partial charge in [0.05, 0.1) is 0 Å². The van der Waals surface area contributed by atoms with E-state index in [1.807, 2.05) is 0 Å². The van der Waals surface area contributed by atoms with Crippen LogP contribution in [0.2, 0.25) is 0 Å². The molecule has 0 heterocycles. The minimum absolute atomic E-state index is 0.140. The second-order valence-corrected chi connectivity index (χ2v) is 5.94. The quantitative estimate of drug-likeness (QED) is 0.817. The van der Waals surface area contributed by atoms with Crippen molar-refractivity contribution in [2.24, 2.45) is 0 Å². The summed E-state index contributed by atoms with van der Waals surface area (Å²) in [6.45, 7) is 8.84. The number of hydrogen-bond acceptors (Lipinski definition) is 2. The Balaban J connectivity index is 2.29. The summed E-state index contributed by atoms with van der Waals surface area (Å²) >= 11 is 3.41. The SMILES string of the molecule is CC(C)(C)NCCNCc1cc(F)ccc1Br. The second-order valence-electron chi connectivity index (χ2n) is 5.09. The molecule has 96 valence electrons. The van der Waals surface area contributed by atoms with Crippen LogP contribution in [0.3, 0.4) is 0 Å². The first-order valence-electron chi connectivity index (χ1n) is 5.78. The molecule has 2 nitrogen and oxygen atoms in total. The predicted molar refractivity (Wildman–Crippen MR) is 73.6 cm³/mol. The molecular weight excluding hydrogens is 283 g/mol. The lowest BCUT2D eigenvalue weighted by atomic mass is 10.1. The predicted octanol–water partition coefficient (Wildman–Crippen LogP) is 3.07. The fourth-order valence-corrected chi connectivity index (χ4v) is 1.81. The summed E-state index contributed by atoms with van der Waals surface area (Å²) in [5.41, 5.74) is 1.09. The highest BCUT2D eigenvalue weighted by atomic mass is 79.9. The average molecular weight is 303 g/mol. The summed E-state index contributed by atoms with van der Waals surface area (Å²) in [6.07, 6.45) is 0. The molecule has 0 aliphatic heterocycles. The molecule has 0 saturated heterocycles. The summed E-state index contributed by atoms with van der Waals surface area (Å²) < 4.78 is 14.0. The van der Waals surface area contributed by atoms with Crippen LogP contribution < -0.4 is 10.6 Å². The molecule has 1 aromatic rings. The second kappa shape index (κ2) is 6.47. The van der Waals surface area contributed by atoms with Gasteiger partial charge in [-0.3, -0.25) is 0 Å². The number of halogens is 2. The molecule has 0 aromatic heterocycles. The van der Waals surface area contributed by atoms with E-state index in [1.165, 1.54) is 6.07 Å². The van der Waals surface area contributed by atoms with E-state index in [1.54, 1.807) is 12.1 Å². The standard InChI is InChI=1S/C13H20BrFN2/c1-13(2,3)17-7-6-16-9-10-8-11(15)4-5-12(10)14/h4-5,8,16-17H,6-7,9H2,1-3H3. The zero-order chi connectivity index (χ0) is 12.9. The van der Waals surface area contributed by atoms with Crippen molar-refractivity contribution < 1.29 is 4.39 Å². The van der Waals surface area contributed by atoms with Gasteiger partial charge in [-0.05, 0) is 44.5 Å². The van der Waals surface area contributed by atoms with Gasteiger partial charge in [-0.25, -0.2) is 4.39 Å². The summed E-state index contributed by atoms with van der Waals surface area (Å²) in [6, 6.07) is 4.74. The van der Waals surface area contributed by atoms with E-state index in [2.05, 4.69) is 47.3 Å². The van der Waals surface area contributed by atoms with Crippen molar-refractivity contribution in [2.75, 3.05) is 13.1 Å². The minimum atomic E-state index is -0.196. The molecule has 2 N–H and O–H groups in total. The Labute approximate surface area is 111 Å². The van der Waals surface area contributed by atoms with Crippen LogP contribution in [0.4, 0.5) is 4.39 Å². The highest BCUT2D eigenvalue weighted by molar-refractivity contribution is 9.10. The number of hydrogen-bond donors (Lipinski definition) is 2. The Morgan fingerprint density at radius 2 is 1.94 bits per heavy atom. The fourth-order valence-electron chi connectivity index (χ4n) is 1.43. The van der Waals surface area contributed by atoms with E-state index >= 15 is 0 Å². The van der Waals surface area contributed by atoms with E-state index in [4.69, 9.17) is 0 Å². The van der Waals surface area contributed by atoms with Crippen LogP contribution in [0.25, 0.3) is 0 Å². The van der Waals surface area contributed by atoms with Crippen molar-refractivity contribution in [1.29, 1.82) is 0 Å². The van der Waals surface area contributed by atoms with E-state index in [-0.39, 0.29) is 11.4 Å². The molecule has 0 atom stereocenters. The maximum absolute atomic E-state index is 13.0. The van der Waals surface area contributed by atoms with E-state index in [0.717, 1.165) is 23.1 Å². The number of benzene rings is 1. The summed E-state index contributed by atoms with van der Waals surface area (Å²) in [5, 5.41) is 6.67. The molecule has 17 heavy (non-hydrogen) atoms. The third-order valence-corrected chi connectivity index (χ3v) is 3.05.